The molecule has 1 aliphatic rings. The predicted octanol–water partition coefficient (Wildman–Crippen LogP) is 3.57. The number of aromatic nitrogens is 2. The molecule has 2 aromatic carbocycles. The van der Waals surface area contributed by atoms with Gasteiger partial charge in [-0.1, -0.05) is 30.3 Å². The Kier molecular flexibility index (Phi) is 4.62. The van der Waals surface area contributed by atoms with Gasteiger partial charge in [-0.3, -0.25) is 9.48 Å². The fourth-order valence-electron chi connectivity index (χ4n) is 3.24. The van der Waals surface area contributed by atoms with Crippen molar-refractivity contribution in [1.82, 2.24) is 14.7 Å². The minimum absolute atomic E-state index is 0.137. The van der Waals surface area contributed by atoms with Gasteiger partial charge < -0.3 is 9.64 Å². The van der Waals surface area contributed by atoms with Crippen LogP contribution in [0.5, 0.6) is 5.75 Å². The fraction of sp³-hybridized carbons (Fsp3) is 0.238. The number of hydrogen-bond donors (Lipinski definition) is 0. The molecule has 27 heavy (non-hydrogen) atoms. The van der Waals surface area contributed by atoms with Crippen LogP contribution in [0, 0.1) is 12.7 Å². The van der Waals surface area contributed by atoms with E-state index in [-0.39, 0.29) is 18.3 Å². The van der Waals surface area contributed by atoms with Crippen molar-refractivity contribution in [3.8, 4) is 5.75 Å². The van der Waals surface area contributed by atoms with Crippen molar-refractivity contribution in [3.05, 3.63) is 82.9 Å². The molecule has 138 valence electrons. The number of amides is 1. The van der Waals surface area contributed by atoms with Gasteiger partial charge >= 0.3 is 0 Å². The highest BCUT2D eigenvalue weighted by molar-refractivity contribution is 5.93. The number of carbonyl (C=O) groups excluding carboxylic acids is 1. The average Bonchev–Trinajstić information content (AvgIpc) is 3.10. The van der Waals surface area contributed by atoms with Crippen LogP contribution in [0.25, 0.3) is 0 Å². The summed E-state index contributed by atoms with van der Waals surface area (Å²) in [4.78, 5) is 14.5. The van der Waals surface area contributed by atoms with Crippen LogP contribution in [0.4, 0.5) is 4.39 Å². The van der Waals surface area contributed by atoms with E-state index in [4.69, 9.17) is 4.74 Å². The van der Waals surface area contributed by atoms with Crippen LogP contribution in [0.15, 0.2) is 54.6 Å². The molecule has 3 aromatic rings. The summed E-state index contributed by atoms with van der Waals surface area (Å²) in [7, 11) is 0. The summed E-state index contributed by atoms with van der Waals surface area (Å²) < 4.78 is 21.5. The molecule has 0 saturated carbocycles. The van der Waals surface area contributed by atoms with Crippen molar-refractivity contribution in [2.75, 3.05) is 6.54 Å². The molecule has 1 aromatic heterocycles. The monoisotopic (exact) mass is 365 g/mol. The largest absolute Gasteiger partial charge is 0.487 e. The van der Waals surface area contributed by atoms with Crippen LogP contribution in [0.2, 0.25) is 0 Å². The van der Waals surface area contributed by atoms with Gasteiger partial charge in [-0.2, -0.15) is 5.10 Å². The van der Waals surface area contributed by atoms with E-state index in [0.717, 1.165) is 11.3 Å². The third-order valence-electron chi connectivity index (χ3n) is 4.75. The predicted molar refractivity (Wildman–Crippen MR) is 98.9 cm³/mol. The van der Waals surface area contributed by atoms with E-state index in [9.17, 15) is 9.18 Å². The average molecular weight is 365 g/mol. The summed E-state index contributed by atoms with van der Waals surface area (Å²) in [6.45, 7) is 3.50. The molecule has 0 bridgehead atoms. The first-order chi connectivity index (χ1) is 13.1. The third kappa shape index (κ3) is 3.56. The van der Waals surface area contributed by atoms with Gasteiger partial charge in [0.05, 0.1) is 6.54 Å². The van der Waals surface area contributed by atoms with Crippen LogP contribution in [-0.4, -0.2) is 27.1 Å². The van der Waals surface area contributed by atoms with Gasteiger partial charge in [-0.05, 0) is 36.8 Å². The first-order valence-electron chi connectivity index (χ1n) is 8.89. The maximum atomic E-state index is 14.1. The van der Waals surface area contributed by atoms with Crippen molar-refractivity contribution in [2.45, 2.75) is 26.6 Å². The summed E-state index contributed by atoms with van der Waals surface area (Å²) in [6.07, 6.45) is 0. The lowest BCUT2D eigenvalue weighted by Gasteiger charge is -2.28. The summed E-state index contributed by atoms with van der Waals surface area (Å²) in [5.74, 6) is 0.340. The van der Waals surface area contributed by atoms with Gasteiger partial charge in [0.2, 0.25) is 0 Å². The highest BCUT2D eigenvalue weighted by atomic mass is 19.1. The maximum Gasteiger partial charge on any atom is 0.272 e. The maximum absolute atomic E-state index is 14.1. The molecule has 0 saturated heterocycles. The number of rotatable bonds is 5. The van der Waals surface area contributed by atoms with Crippen molar-refractivity contribution < 1.29 is 13.9 Å². The lowest BCUT2D eigenvalue weighted by Crippen LogP contribution is -2.40. The molecule has 5 nitrogen and oxygen atoms in total. The summed E-state index contributed by atoms with van der Waals surface area (Å²) >= 11 is 0. The van der Waals surface area contributed by atoms with Crippen molar-refractivity contribution in [1.29, 1.82) is 0 Å². The van der Waals surface area contributed by atoms with E-state index >= 15 is 0 Å². The topological polar surface area (TPSA) is 47.4 Å². The first-order valence-corrected chi connectivity index (χ1v) is 8.89. The van der Waals surface area contributed by atoms with Gasteiger partial charge in [0, 0.05) is 18.7 Å². The molecule has 0 radical (unpaired) electrons. The molecule has 0 N–H and O–H groups in total. The number of benzene rings is 2. The van der Waals surface area contributed by atoms with Crippen molar-refractivity contribution in [3.63, 3.8) is 0 Å². The van der Waals surface area contributed by atoms with E-state index < -0.39 is 0 Å². The summed E-state index contributed by atoms with van der Waals surface area (Å²) in [5, 5.41) is 4.46. The Morgan fingerprint density at radius 3 is 2.70 bits per heavy atom. The van der Waals surface area contributed by atoms with E-state index in [1.165, 1.54) is 6.07 Å². The number of ether oxygens (including phenoxy) is 1. The van der Waals surface area contributed by atoms with Gasteiger partial charge in [-0.25, -0.2) is 4.39 Å². The van der Waals surface area contributed by atoms with E-state index in [2.05, 4.69) is 5.10 Å². The van der Waals surface area contributed by atoms with E-state index in [0.29, 0.717) is 36.6 Å². The fourth-order valence-corrected chi connectivity index (χ4v) is 3.24. The Morgan fingerprint density at radius 1 is 1.11 bits per heavy atom. The van der Waals surface area contributed by atoms with Gasteiger partial charge in [0.25, 0.3) is 5.91 Å². The normalized spacial score (nSPS) is 13.6. The number of fused-ring (bicyclic) bond motifs is 1. The lowest BCUT2D eigenvalue weighted by molar-refractivity contribution is 0.0681. The summed E-state index contributed by atoms with van der Waals surface area (Å²) in [6, 6.07) is 16.2. The molecule has 0 fully saturated rings. The van der Waals surface area contributed by atoms with Gasteiger partial charge in [0.1, 0.15) is 29.6 Å². The molecule has 0 atom stereocenters. The zero-order valence-electron chi connectivity index (χ0n) is 15.1. The second-order valence-corrected chi connectivity index (χ2v) is 6.61. The number of aryl methyl sites for hydroxylation is 1. The molecule has 0 aliphatic carbocycles. The lowest BCUT2D eigenvalue weighted by atomic mass is 10.1. The summed E-state index contributed by atoms with van der Waals surface area (Å²) in [5.41, 5.74) is 2.62. The molecule has 6 heteroatoms. The minimum Gasteiger partial charge on any atom is -0.487 e. The Morgan fingerprint density at radius 2 is 1.93 bits per heavy atom. The zero-order valence-corrected chi connectivity index (χ0v) is 15.1. The number of carbonyl (C=O) groups is 1. The zero-order chi connectivity index (χ0) is 18.8. The first kappa shape index (κ1) is 17.3. The molecule has 1 amide bonds. The van der Waals surface area contributed by atoms with Crippen LogP contribution in [0.3, 0.4) is 0 Å². The molecule has 0 unspecified atom stereocenters. The molecule has 2 heterocycles. The standard InChI is InChI=1S/C21H20FN3O2/c1-15-6-5-9-19(22)18(15)13-24-10-11-25-20(21(24)26)12-16(23-25)14-27-17-7-3-2-4-8-17/h2-9,12H,10-11,13-14H2,1H3. The van der Waals surface area contributed by atoms with Gasteiger partial charge in [0.15, 0.2) is 0 Å². The van der Waals surface area contributed by atoms with Crippen LogP contribution in [-0.2, 0) is 19.7 Å². The number of nitrogens with zero attached hydrogens (tertiary/aromatic N) is 3. The number of hydrogen-bond acceptors (Lipinski definition) is 3. The van der Waals surface area contributed by atoms with E-state index in [1.807, 2.05) is 43.3 Å². The molecule has 4 rings (SSSR count). The third-order valence-corrected chi connectivity index (χ3v) is 4.75. The minimum atomic E-state index is -0.279. The quantitative estimate of drug-likeness (QED) is 0.695. The van der Waals surface area contributed by atoms with Crippen molar-refractivity contribution in [2.24, 2.45) is 0 Å². The molecular weight excluding hydrogens is 345 g/mol. The van der Waals surface area contributed by atoms with Crippen LogP contribution < -0.4 is 4.74 Å². The Hall–Kier alpha value is -3.15. The molecule has 1 aliphatic heterocycles. The van der Waals surface area contributed by atoms with Gasteiger partial charge in [-0.15, -0.1) is 0 Å². The number of para-hydroxylation sites is 1. The van der Waals surface area contributed by atoms with E-state index in [1.54, 1.807) is 21.7 Å². The number of halogens is 1. The molecular formula is C21H20FN3O2. The highest BCUT2D eigenvalue weighted by Crippen LogP contribution is 2.21. The smallest absolute Gasteiger partial charge is 0.272 e. The van der Waals surface area contributed by atoms with Crippen LogP contribution in [0.1, 0.15) is 27.3 Å². The second kappa shape index (κ2) is 7.23. The van der Waals surface area contributed by atoms with Crippen LogP contribution >= 0.6 is 0 Å². The second-order valence-electron chi connectivity index (χ2n) is 6.61. The Labute approximate surface area is 157 Å². The molecule has 0 spiro atoms. The van der Waals surface area contributed by atoms with Crippen molar-refractivity contribution >= 4 is 5.91 Å². The Balaban J connectivity index is 1.48. The highest BCUT2D eigenvalue weighted by Gasteiger charge is 2.27. The SMILES string of the molecule is Cc1cccc(F)c1CN1CCn2nc(COc3ccccc3)cc2C1=O. The Bertz CT molecular complexity index is 949.